The molecule has 5 heteroatoms. The van der Waals surface area contributed by atoms with Crippen LogP contribution in [-0.2, 0) is 13.5 Å². The molecule has 0 aliphatic carbocycles. The number of aromatic nitrogens is 2. The Morgan fingerprint density at radius 3 is 3.00 bits per heavy atom. The monoisotopic (exact) mass is 274 g/mol. The third-order valence-electron chi connectivity index (χ3n) is 2.88. The summed E-state index contributed by atoms with van der Waals surface area (Å²) in [6.07, 6.45) is 3.83. The van der Waals surface area contributed by atoms with E-state index in [0.29, 0.717) is 11.3 Å². The Hall–Kier alpha value is -2.01. The van der Waals surface area contributed by atoms with Gasteiger partial charge in [-0.15, -0.1) is 11.3 Å². The Morgan fingerprint density at radius 2 is 2.26 bits per heavy atom. The number of thiophene rings is 1. The highest BCUT2D eigenvalue weighted by Crippen LogP contribution is 2.27. The smallest absolute Gasteiger partial charge is 0.177 e. The van der Waals surface area contributed by atoms with Crippen LogP contribution in [0.3, 0.4) is 0 Å². The first-order chi connectivity index (χ1) is 9.11. The molecule has 96 valence electrons. The minimum Gasteiger partial charge on any atom is -0.293 e. The van der Waals surface area contributed by atoms with E-state index in [0.717, 1.165) is 15.6 Å². The van der Waals surface area contributed by atoms with E-state index in [-0.39, 0.29) is 11.6 Å². The van der Waals surface area contributed by atoms with Crippen molar-refractivity contribution in [3.63, 3.8) is 0 Å². The molecule has 3 rings (SSSR count). The van der Waals surface area contributed by atoms with Crippen molar-refractivity contribution >= 4 is 27.2 Å². The average Bonchev–Trinajstić information content (AvgIpc) is 2.95. The molecule has 2 aromatic heterocycles. The van der Waals surface area contributed by atoms with Gasteiger partial charge in [-0.1, -0.05) is 0 Å². The largest absolute Gasteiger partial charge is 0.293 e. The molecule has 0 aliphatic rings. The summed E-state index contributed by atoms with van der Waals surface area (Å²) in [6, 6.07) is 6.32. The molecule has 3 aromatic rings. The minimum absolute atomic E-state index is 0.0367. The molecule has 0 fully saturated rings. The van der Waals surface area contributed by atoms with Crippen molar-refractivity contribution in [2.24, 2.45) is 7.05 Å². The molecule has 0 bridgehead atoms. The highest BCUT2D eigenvalue weighted by atomic mass is 32.1. The van der Waals surface area contributed by atoms with Crippen LogP contribution >= 0.6 is 11.3 Å². The Kier molecular flexibility index (Phi) is 2.91. The molecule has 0 unspecified atom stereocenters. The number of hydrogen-bond donors (Lipinski definition) is 0. The summed E-state index contributed by atoms with van der Waals surface area (Å²) in [5, 5.41) is 4.81. The number of benzene rings is 1. The standard InChI is InChI=1S/C14H11FN2OS/c1-17-8-9(7-16-17)4-12(18)14-6-10-5-11(15)2-3-13(10)19-14/h2-3,5-8H,4H2,1H3. The van der Waals surface area contributed by atoms with Crippen molar-refractivity contribution in [3.8, 4) is 0 Å². The van der Waals surface area contributed by atoms with E-state index in [1.54, 1.807) is 23.0 Å². The number of hydrogen-bond acceptors (Lipinski definition) is 3. The van der Waals surface area contributed by atoms with Crippen molar-refractivity contribution in [1.82, 2.24) is 9.78 Å². The Bertz CT molecular complexity index is 760. The van der Waals surface area contributed by atoms with Crippen molar-refractivity contribution in [3.05, 3.63) is 52.9 Å². The van der Waals surface area contributed by atoms with Gasteiger partial charge in [0.15, 0.2) is 5.78 Å². The van der Waals surface area contributed by atoms with Crippen LogP contribution in [-0.4, -0.2) is 15.6 Å². The lowest BCUT2D eigenvalue weighted by Crippen LogP contribution is -1.99. The Balaban J connectivity index is 1.89. The van der Waals surface area contributed by atoms with Gasteiger partial charge in [0, 0.05) is 24.4 Å². The maximum absolute atomic E-state index is 13.1. The lowest BCUT2D eigenvalue weighted by Gasteiger charge is -1.93. The zero-order valence-corrected chi connectivity index (χ0v) is 11.1. The molecule has 0 amide bonds. The number of halogens is 1. The van der Waals surface area contributed by atoms with Crippen LogP contribution in [0.1, 0.15) is 15.2 Å². The predicted molar refractivity (Wildman–Crippen MR) is 73.0 cm³/mol. The molecule has 0 radical (unpaired) electrons. The number of aryl methyl sites for hydroxylation is 1. The van der Waals surface area contributed by atoms with Crippen LogP contribution < -0.4 is 0 Å². The van der Waals surface area contributed by atoms with Crippen molar-refractivity contribution in [1.29, 1.82) is 0 Å². The third-order valence-corrected chi connectivity index (χ3v) is 4.03. The van der Waals surface area contributed by atoms with Crippen LogP contribution in [0.2, 0.25) is 0 Å². The topological polar surface area (TPSA) is 34.9 Å². The molecule has 0 atom stereocenters. The van der Waals surface area contributed by atoms with Gasteiger partial charge >= 0.3 is 0 Å². The van der Waals surface area contributed by atoms with Crippen LogP contribution in [0.15, 0.2) is 36.7 Å². The van der Waals surface area contributed by atoms with Gasteiger partial charge < -0.3 is 0 Å². The molecule has 0 saturated heterocycles. The van der Waals surface area contributed by atoms with E-state index in [2.05, 4.69) is 5.10 Å². The summed E-state index contributed by atoms with van der Waals surface area (Å²) in [6.45, 7) is 0. The summed E-state index contributed by atoms with van der Waals surface area (Å²) in [5.74, 6) is -0.244. The molecular formula is C14H11FN2OS. The van der Waals surface area contributed by atoms with E-state index in [4.69, 9.17) is 0 Å². The second-order valence-electron chi connectivity index (χ2n) is 4.42. The summed E-state index contributed by atoms with van der Waals surface area (Å²) >= 11 is 1.40. The summed E-state index contributed by atoms with van der Waals surface area (Å²) in [7, 11) is 1.82. The van der Waals surface area contributed by atoms with Gasteiger partial charge in [0.25, 0.3) is 0 Å². The Morgan fingerprint density at radius 1 is 1.42 bits per heavy atom. The van der Waals surface area contributed by atoms with Gasteiger partial charge in [0.05, 0.1) is 11.1 Å². The first-order valence-corrected chi connectivity index (χ1v) is 6.63. The van der Waals surface area contributed by atoms with Crippen LogP contribution in [0.4, 0.5) is 4.39 Å². The van der Waals surface area contributed by atoms with Gasteiger partial charge in [0.1, 0.15) is 5.82 Å². The van der Waals surface area contributed by atoms with E-state index >= 15 is 0 Å². The highest BCUT2D eigenvalue weighted by Gasteiger charge is 2.12. The van der Waals surface area contributed by atoms with E-state index in [1.807, 2.05) is 13.2 Å². The molecule has 19 heavy (non-hydrogen) atoms. The highest BCUT2D eigenvalue weighted by molar-refractivity contribution is 7.20. The predicted octanol–water partition coefficient (Wildman–Crippen LogP) is 3.20. The third kappa shape index (κ3) is 2.42. The number of nitrogens with zero attached hydrogens (tertiary/aromatic N) is 2. The summed E-state index contributed by atoms with van der Waals surface area (Å²) < 4.78 is 15.7. The maximum Gasteiger partial charge on any atom is 0.177 e. The number of rotatable bonds is 3. The zero-order valence-electron chi connectivity index (χ0n) is 10.3. The molecular weight excluding hydrogens is 263 g/mol. The summed E-state index contributed by atoms with van der Waals surface area (Å²) in [5.41, 5.74) is 0.885. The van der Waals surface area contributed by atoms with Gasteiger partial charge in [-0.2, -0.15) is 5.10 Å². The molecule has 3 nitrogen and oxygen atoms in total. The van der Waals surface area contributed by atoms with Crippen LogP contribution in [0.5, 0.6) is 0 Å². The Labute approximate surface area is 113 Å². The van der Waals surface area contributed by atoms with Crippen molar-refractivity contribution < 1.29 is 9.18 Å². The second kappa shape index (κ2) is 4.59. The average molecular weight is 274 g/mol. The first-order valence-electron chi connectivity index (χ1n) is 5.81. The van der Waals surface area contributed by atoms with Gasteiger partial charge in [-0.3, -0.25) is 9.48 Å². The van der Waals surface area contributed by atoms with Gasteiger partial charge in [-0.25, -0.2) is 4.39 Å². The number of ketones is 1. The van der Waals surface area contributed by atoms with Crippen LogP contribution in [0, 0.1) is 5.82 Å². The van der Waals surface area contributed by atoms with E-state index in [1.165, 1.54) is 23.5 Å². The molecule has 2 heterocycles. The first kappa shape index (κ1) is 12.0. The van der Waals surface area contributed by atoms with Gasteiger partial charge in [-0.05, 0) is 35.2 Å². The molecule has 0 spiro atoms. The lowest BCUT2D eigenvalue weighted by atomic mass is 10.1. The molecule has 1 aromatic carbocycles. The quantitative estimate of drug-likeness (QED) is 0.687. The molecule has 0 N–H and O–H groups in total. The lowest BCUT2D eigenvalue weighted by molar-refractivity contribution is 0.0997. The summed E-state index contributed by atoms with van der Waals surface area (Å²) in [4.78, 5) is 12.8. The normalized spacial score (nSPS) is 11.1. The fraction of sp³-hybridized carbons (Fsp3) is 0.143. The number of Topliss-reactive ketones (excluding diaryl/α,β-unsaturated/α-hetero) is 1. The molecule has 0 saturated carbocycles. The minimum atomic E-state index is -0.281. The SMILES string of the molecule is Cn1cc(CC(=O)c2cc3cc(F)ccc3s2)cn1. The van der Waals surface area contributed by atoms with Crippen molar-refractivity contribution in [2.45, 2.75) is 6.42 Å². The maximum atomic E-state index is 13.1. The van der Waals surface area contributed by atoms with Crippen molar-refractivity contribution in [2.75, 3.05) is 0 Å². The molecule has 0 aliphatic heterocycles. The fourth-order valence-electron chi connectivity index (χ4n) is 1.99. The van der Waals surface area contributed by atoms with E-state index < -0.39 is 0 Å². The second-order valence-corrected chi connectivity index (χ2v) is 5.50. The van der Waals surface area contributed by atoms with Crippen LogP contribution in [0.25, 0.3) is 10.1 Å². The van der Waals surface area contributed by atoms with Gasteiger partial charge in [0.2, 0.25) is 0 Å². The fourth-order valence-corrected chi connectivity index (χ4v) is 2.97. The number of fused-ring (bicyclic) bond motifs is 1. The number of carbonyl (C=O) groups is 1. The van der Waals surface area contributed by atoms with E-state index in [9.17, 15) is 9.18 Å². The zero-order chi connectivity index (χ0) is 13.4. The number of carbonyl (C=O) groups excluding carboxylic acids is 1.